The van der Waals surface area contributed by atoms with Gasteiger partial charge in [-0.05, 0) is 56.9 Å². The maximum atomic E-state index is 12.2. The van der Waals surface area contributed by atoms with Crippen LogP contribution in [0.1, 0.15) is 45.4 Å². The van der Waals surface area contributed by atoms with Crippen LogP contribution in [0.4, 0.5) is 0 Å². The van der Waals surface area contributed by atoms with Gasteiger partial charge in [0.25, 0.3) is 0 Å². The van der Waals surface area contributed by atoms with E-state index in [2.05, 4.69) is 12.2 Å². The molecule has 1 aliphatic carbocycles. The Morgan fingerprint density at radius 2 is 2.18 bits per heavy atom. The van der Waals surface area contributed by atoms with Crippen molar-refractivity contribution in [3.63, 3.8) is 0 Å². The van der Waals surface area contributed by atoms with Gasteiger partial charge in [-0.25, -0.2) is 0 Å². The summed E-state index contributed by atoms with van der Waals surface area (Å²) >= 11 is 0. The molecule has 7 heteroatoms. The molecule has 126 valence electrons. The molecule has 1 aliphatic heterocycles. The fourth-order valence-electron chi connectivity index (χ4n) is 5.01. The maximum absolute atomic E-state index is 12.2. The molecule has 2 fully saturated rings. The second kappa shape index (κ2) is 6.87. The number of nitrogens with one attached hydrogen (secondary N) is 1. The average Bonchev–Trinajstić information content (AvgIpc) is 2.86. The molecule has 1 heterocycles. The highest BCUT2D eigenvalue weighted by Crippen LogP contribution is 2.58. The van der Waals surface area contributed by atoms with E-state index in [1.54, 1.807) is 0 Å². The van der Waals surface area contributed by atoms with E-state index in [1.165, 1.54) is 0 Å². The first-order chi connectivity index (χ1) is 10.4. The molecule has 0 spiro atoms. The Hall–Kier alpha value is -0.625. The van der Waals surface area contributed by atoms with Crippen molar-refractivity contribution >= 4 is 13.1 Å². The van der Waals surface area contributed by atoms with Gasteiger partial charge in [0.15, 0.2) is 0 Å². The normalized spacial score (nSPS) is 37.8. The van der Waals surface area contributed by atoms with E-state index >= 15 is 0 Å². The highest BCUT2D eigenvalue weighted by atomic mass is 16.4. The summed E-state index contributed by atoms with van der Waals surface area (Å²) in [7, 11) is -1.33. The van der Waals surface area contributed by atoms with Gasteiger partial charge in [0, 0.05) is 5.41 Å². The number of rotatable bonds is 7. The van der Waals surface area contributed by atoms with Crippen LogP contribution in [0.2, 0.25) is 6.32 Å². The van der Waals surface area contributed by atoms with Gasteiger partial charge >= 0.3 is 13.1 Å². The zero-order valence-corrected chi connectivity index (χ0v) is 13.4. The Morgan fingerprint density at radius 1 is 1.45 bits per heavy atom. The van der Waals surface area contributed by atoms with Crippen LogP contribution in [0.15, 0.2) is 0 Å². The van der Waals surface area contributed by atoms with Gasteiger partial charge in [-0.1, -0.05) is 19.8 Å². The van der Waals surface area contributed by atoms with E-state index in [9.17, 15) is 9.90 Å². The predicted molar refractivity (Wildman–Crippen MR) is 85.2 cm³/mol. The molecule has 1 saturated heterocycles. The summed E-state index contributed by atoms with van der Waals surface area (Å²) in [5, 5.41) is 31.5. The van der Waals surface area contributed by atoms with E-state index < -0.39 is 18.6 Å². The number of carboxylic acid groups (broad SMARTS) is 1. The lowest BCUT2D eigenvalue weighted by atomic mass is 9.51. The summed E-state index contributed by atoms with van der Waals surface area (Å²) < 4.78 is 0. The van der Waals surface area contributed by atoms with Crippen LogP contribution in [0, 0.1) is 17.3 Å². The Bertz CT molecular complexity index is 409. The molecule has 0 aromatic carbocycles. The van der Waals surface area contributed by atoms with Crippen LogP contribution in [0.5, 0.6) is 0 Å². The van der Waals surface area contributed by atoms with Gasteiger partial charge in [-0.2, -0.15) is 0 Å². The van der Waals surface area contributed by atoms with Gasteiger partial charge < -0.3 is 26.2 Å². The number of hydrogen-bond donors (Lipinski definition) is 5. The number of fused-ring (bicyclic) bond motifs is 1. The van der Waals surface area contributed by atoms with Crippen LogP contribution in [-0.2, 0) is 4.79 Å². The Morgan fingerprint density at radius 3 is 2.73 bits per heavy atom. The topological polar surface area (TPSA) is 116 Å². The van der Waals surface area contributed by atoms with Crippen LogP contribution in [0.3, 0.4) is 0 Å². The number of carbonyl (C=O) groups is 1. The van der Waals surface area contributed by atoms with Crippen LogP contribution in [0.25, 0.3) is 0 Å². The molecule has 0 bridgehead atoms. The zero-order valence-electron chi connectivity index (χ0n) is 13.4. The lowest BCUT2D eigenvalue weighted by molar-refractivity contribution is -0.157. The summed E-state index contributed by atoms with van der Waals surface area (Å²) in [4.78, 5) is 12.2. The first-order valence-corrected chi connectivity index (χ1v) is 8.46. The van der Waals surface area contributed by atoms with Crippen molar-refractivity contribution in [2.45, 2.75) is 57.3 Å². The Balaban J connectivity index is 2.32. The predicted octanol–water partition coefficient (Wildman–Crippen LogP) is 0.437. The van der Waals surface area contributed by atoms with Crippen LogP contribution in [-0.4, -0.2) is 46.9 Å². The van der Waals surface area contributed by atoms with Crippen molar-refractivity contribution in [2.24, 2.45) is 23.0 Å². The van der Waals surface area contributed by atoms with Crippen molar-refractivity contribution in [3.8, 4) is 0 Å². The SMILES string of the molecule is CCC1C[C@@H](CN)[C@@]2(CCCB(O)O)CCN[C@@]2(C(=O)O)C1. The number of carboxylic acids is 1. The standard InChI is InChI=1S/C15H29BN2O4/c1-2-11-8-12(10-17)14(4-3-6-16(21)22)5-7-18-15(14,9-11)13(19)20/h11-12,18,21-22H,2-10,17H2,1H3,(H,19,20)/t11?,12-,14+,15+/m0/s1. The minimum Gasteiger partial charge on any atom is -0.480 e. The lowest BCUT2D eigenvalue weighted by Crippen LogP contribution is -2.65. The maximum Gasteiger partial charge on any atom is 0.451 e. The van der Waals surface area contributed by atoms with Crippen molar-refractivity contribution in [1.82, 2.24) is 5.32 Å². The van der Waals surface area contributed by atoms with E-state index in [-0.39, 0.29) is 17.7 Å². The second-order valence-corrected chi connectivity index (χ2v) is 7.06. The largest absolute Gasteiger partial charge is 0.480 e. The molecule has 1 saturated carbocycles. The molecule has 0 amide bonds. The van der Waals surface area contributed by atoms with E-state index in [0.717, 1.165) is 19.3 Å². The smallest absolute Gasteiger partial charge is 0.451 e. The van der Waals surface area contributed by atoms with Crippen molar-refractivity contribution < 1.29 is 19.9 Å². The van der Waals surface area contributed by atoms with E-state index in [4.69, 9.17) is 15.8 Å². The van der Waals surface area contributed by atoms with Crippen molar-refractivity contribution in [2.75, 3.05) is 13.1 Å². The lowest BCUT2D eigenvalue weighted by Gasteiger charge is -2.54. The quantitative estimate of drug-likeness (QED) is 0.436. The van der Waals surface area contributed by atoms with Gasteiger partial charge in [0.2, 0.25) is 0 Å². The third-order valence-corrected chi connectivity index (χ3v) is 6.15. The van der Waals surface area contributed by atoms with Crippen LogP contribution < -0.4 is 11.1 Å². The summed E-state index contributed by atoms with van der Waals surface area (Å²) in [5.41, 5.74) is 4.76. The fraction of sp³-hybridized carbons (Fsp3) is 0.933. The number of nitrogens with two attached hydrogens (primary N) is 1. The highest BCUT2D eigenvalue weighted by molar-refractivity contribution is 6.40. The molecular weight excluding hydrogens is 283 g/mol. The molecule has 1 unspecified atom stereocenters. The fourth-order valence-corrected chi connectivity index (χ4v) is 5.01. The Kier molecular flexibility index (Phi) is 5.53. The van der Waals surface area contributed by atoms with Gasteiger partial charge in [0.1, 0.15) is 5.54 Å². The monoisotopic (exact) mass is 312 g/mol. The molecule has 4 atom stereocenters. The summed E-state index contributed by atoms with van der Waals surface area (Å²) in [5.74, 6) is -0.217. The molecule has 22 heavy (non-hydrogen) atoms. The van der Waals surface area contributed by atoms with E-state index in [0.29, 0.717) is 38.3 Å². The third-order valence-electron chi connectivity index (χ3n) is 6.15. The Labute approximate surface area is 132 Å². The molecule has 6 nitrogen and oxygen atoms in total. The minimum atomic E-state index is -1.33. The molecule has 0 radical (unpaired) electrons. The van der Waals surface area contributed by atoms with Gasteiger partial charge in [-0.15, -0.1) is 0 Å². The zero-order chi connectivity index (χ0) is 16.4. The molecular formula is C15H29BN2O4. The molecule has 6 N–H and O–H groups in total. The van der Waals surface area contributed by atoms with E-state index in [1.807, 2.05) is 0 Å². The molecule has 2 rings (SSSR count). The second-order valence-electron chi connectivity index (χ2n) is 7.06. The third kappa shape index (κ3) is 2.80. The molecule has 0 aromatic heterocycles. The summed E-state index contributed by atoms with van der Waals surface area (Å²) in [6.07, 6.45) is 4.98. The first kappa shape index (κ1) is 17.7. The minimum absolute atomic E-state index is 0.174. The number of aliphatic carboxylic acids is 1. The molecule has 2 aliphatic rings. The average molecular weight is 312 g/mol. The highest BCUT2D eigenvalue weighted by Gasteiger charge is 2.64. The first-order valence-electron chi connectivity index (χ1n) is 8.46. The summed E-state index contributed by atoms with van der Waals surface area (Å²) in [6.45, 7) is 3.30. The van der Waals surface area contributed by atoms with Crippen molar-refractivity contribution in [1.29, 1.82) is 0 Å². The van der Waals surface area contributed by atoms with Crippen LogP contribution >= 0.6 is 0 Å². The molecule has 0 aromatic rings. The van der Waals surface area contributed by atoms with Gasteiger partial charge in [-0.3, -0.25) is 4.79 Å². The van der Waals surface area contributed by atoms with Crippen molar-refractivity contribution in [3.05, 3.63) is 0 Å². The summed E-state index contributed by atoms with van der Waals surface area (Å²) in [6, 6.07) is 0. The van der Waals surface area contributed by atoms with Gasteiger partial charge in [0.05, 0.1) is 0 Å². The number of hydrogen-bond acceptors (Lipinski definition) is 5.